The zero-order chi connectivity index (χ0) is 29.9. The minimum atomic E-state index is -0.986. The van der Waals surface area contributed by atoms with Crippen molar-refractivity contribution in [2.45, 2.75) is 84.3 Å². The van der Waals surface area contributed by atoms with Crippen molar-refractivity contribution < 1.29 is 28.7 Å². The zero-order valence-corrected chi connectivity index (χ0v) is 24.7. The van der Waals surface area contributed by atoms with Gasteiger partial charge >= 0.3 is 0 Å². The first-order valence-electron chi connectivity index (χ1n) is 14.7. The fraction of sp³-hybridized carbons (Fsp3) is 0.633. The third-order valence-electron chi connectivity index (χ3n) is 7.40. The lowest BCUT2D eigenvalue weighted by molar-refractivity contribution is -0.130. The predicted molar refractivity (Wildman–Crippen MR) is 154 cm³/mol. The standard InChI is InChI=1S/C30H45N5O6/c1-19(2)17-23-30(40)34-24(20(3)4)18-41-25-10-6-5-9-21(25)28(38)33-22(12-13-26(36)32-23)29(39)31-14-8-16-35-15-7-11-27(35)37/h5-6,9-10,19-20,22-24H,7-8,11-18H2,1-4H3,(H,31,39)(H,32,36)(H,33,38)(H,34,40)/t22-,23+,24+/m0/s1. The number of hydrogen-bond donors (Lipinski definition) is 4. The van der Waals surface area contributed by atoms with Crippen molar-refractivity contribution in [1.82, 2.24) is 26.2 Å². The number of likely N-dealkylation sites (tertiary alicyclic amines) is 1. The maximum atomic E-state index is 13.3. The van der Waals surface area contributed by atoms with E-state index in [1.54, 1.807) is 29.2 Å². The highest BCUT2D eigenvalue weighted by Crippen LogP contribution is 2.20. The summed E-state index contributed by atoms with van der Waals surface area (Å²) in [7, 11) is 0. The summed E-state index contributed by atoms with van der Waals surface area (Å²) in [5, 5.41) is 11.5. The fourth-order valence-electron chi connectivity index (χ4n) is 4.94. The molecule has 0 aromatic heterocycles. The van der Waals surface area contributed by atoms with Crippen LogP contribution in [0.15, 0.2) is 24.3 Å². The van der Waals surface area contributed by atoms with Gasteiger partial charge in [0.2, 0.25) is 23.6 Å². The van der Waals surface area contributed by atoms with Crippen molar-refractivity contribution in [1.29, 1.82) is 0 Å². The van der Waals surface area contributed by atoms with Crippen LogP contribution in [0, 0.1) is 11.8 Å². The zero-order valence-electron chi connectivity index (χ0n) is 24.7. The van der Waals surface area contributed by atoms with Gasteiger partial charge in [0.05, 0.1) is 11.6 Å². The maximum absolute atomic E-state index is 13.3. The Morgan fingerprint density at radius 3 is 2.49 bits per heavy atom. The molecular formula is C30H45N5O6. The van der Waals surface area contributed by atoms with Crippen LogP contribution in [0.4, 0.5) is 0 Å². The van der Waals surface area contributed by atoms with Crippen molar-refractivity contribution in [3.8, 4) is 5.75 Å². The molecule has 0 unspecified atom stereocenters. The van der Waals surface area contributed by atoms with Gasteiger partial charge in [-0.05, 0) is 49.7 Å². The summed E-state index contributed by atoms with van der Waals surface area (Å²) in [4.78, 5) is 66.3. The Balaban J connectivity index is 1.78. The van der Waals surface area contributed by atoms with Gasteiger partial charge in [-0.15, -0.1) is 0 Å². The lowest BCUT2D eigenvalue weighted by Gasteiger charge is -2.27. The molecule has 0 radical (unpaired) electrons. The minimum Gasteiger partial charge on any atom is -0.491 e. The number of nitrogens with one attached hydrogen (secondary N) is 4. The van der Waals surface area contributed by atoms with Gasteiger partial charge in [0.1, 0.15) is 24.4 Å². The number of rotatable bonds is 8. The number of benzene rings is 1. The fourth-order valence-corrected chi connectivity index (χ4v) is 4.94. The highest BCUT2D eigenvalue weighted by atomic mass is 16.5. The summed E-state index contributed by atoms with van der Waals surface area (Å²) < 4.78 is 6.03. The van der Waals surface area contributed by atoms with Crippen LogP contribution in [0.3, 0.4) is 0 Å². The second-order valence-corrected chi connectivity index (χ2v) is 11.6. The van der Waals surface area contributed by atoms with Crippen LogP contribution in [0.25, 0.3) is 0 Å². The van der Waals surface area contributed by atoms with Crippen LogP contribution < -0.4 is 26.0 Å². The Kier molecular flexibility index (Phi) is 12.0. The van der Waals surface area contributed by atoms with Gasteiger partial charge in [-0.25, -0.2) is 0 Å². The number of hydrogen-bond acceptors (Lipinski definition) is 6. The molecule has 4 N–H and O–H groups in total. The molecule has 5 amide bonds. The maximum Gasteiger partial charge on any atom is 0.255 e. The monoisotopic (exact) mass is 571 g/mol. The van der Waals surface area contributed by atoms with E-state index in [4.69, 9.17) is 4.74 Å². The van der Waals surface area contributed by atoms with Crippen molar-refractivity contribution in [2.75, 3.05) is 26.2 Å². The van der Waals surface area contributed by atoms with Gasteiger partial charge < -0.3 is 30.9 Å². The van der Waals surface area contributed by atoms with Crippen LogP contribution in [0.2, 0.25) is 0 Å². The number of ether oxygens (including phenoxy) is 1. The summed E-state index contributed by atoms with van der Waals surface area (Å²) in [5.41, 5.74) is 0.253. The molecule has 0 bridgehead atoms. The molecule has 1 aromatic rings. The van der Waals surface area contributed by atoms with Crippen LogP contribution in [0.5, 0.6) is 5.75 Å². The first-order chi connectivity index (χ1) is 19.5. The van der Waals surface area contributed by atoms with E-state index in [2.05, 4.69) is 21.3 Å². The number of fused-ring (bicyclic) bond motifs is 1. The Hall–Kier alpha value is -3.63. The molecule has 2 aliphatic heterocycles. The Morgan fingerprint density at radius 2 is 1.80 bits per heavy atom. The molecule has 11 nitrogen and oxygen atoms in total. The lowest BCUT2D eigenvalue weighted by Crippen LogP contribution is -2.53. The second-order valence-electron chi connectivity index (χ2n) is 11.6. The molecule has 0 spiro atoms. The third-order valence-corrected chi connectivity index (χ3v) is 7.40. The van der Waals surface area contributed by atoms with Crippen molar-refractivity contribution >= 4 is 29.5 Å². The number of nitrogens with zero attached hydrogens (tertiary/aromatic N) is 1. The Labute approximate surface area is 242 Å². The average Bonchev–Trinajstić information content (AvgIpc) is 3.34. The van der Waals surface area contributed by atoms with E-state index in [-0.39, 0.29) is 60.6 Å². The number of para-hydroxylation sites is 1. The van der Waals surface area contributed by atoms with Gasteiger partial charge in [-0.2, -0.15) is 0 Å². The van der Waals surface area contributed by atoms with Crippen LogP contribution >= 0.6 is 0 Å². The van der Waals surface area contributed by atoms with Gasteiger partial charge in [0.15, 0.2) is 0 Å². The molecule has 226 valence electrons. The normalized spacial score (nSPS) is 22.7. The summed E-state index contributed by atoms with van der Waals surface area (Å²) in [6, 6.07) is 4.66. The molecule has 41 heavy (non-hydrogen) atoms. The molecular weight excluding hydrogens is 526 g/mol. The van der Waals surface area contributed by atoms with Crippen molar-refractivity contribution in [3.05, 3.63) is 29.8 Å². The third kappa shape index (κ3) is 9.75. The molecule has 1 fully saturated rings. The highest BCUT2D eigenvalue weighted by Gasteiger charge is 2.29. The Morgan fingerprint density at radius 1 is 1.05 bits per heavy atom. The molecule has 1 aromatic carbocycles. The molecule has 0 aliphatic carbocycles. The van der Waals surface area contributed by atoms with E-state index in [0.717, 1.165) is 13.0 Å². The quantitative estimate of drug-likeness (QED) is 0.350. The minimum absolute atomic E-state index is 0.0303. The summed E-state index contributed by atoms with van der Waals surface area (Å²) in [5.74, 6) is -0.941. The van der Waals surface area contributed by atoms with Crippen molar-refractivity contribution in [3.63, 3.8) is 0 Å². The van der Waals surface area contributed by atoms with Gasteiger partial charge in [0, 0.05) is 32.5 Å². The van der Waals surface area contributed by atoms with E-state index in [9.17, 15) is 24.0 Å². The topological polar surface area (TPSA) is 146 Å². The summed E-state index contributed by atoms with van der Waals surface area (Å²) in [6.07, 6.45) is 2.43. The van der Waals surface area contributed by atoms with Gasteiger partial charge in [0.25, 0.3) is 5.91 Å². The van der Waals surface area contributed by atoms with E-state index in [1.807, 2.05) is 27.7 Å². The Bertz CT molecular complexity index is 1090. The highest BCUT2D eigenvalue weighted by molar-refractivity contribution is 5.99. The van der Waals surface area contributed by atoms with E-state index >= 15 is 0 Å². The lowest BCUT2D eigenvalue weighted by atomic mass is 10.0. The summed E-state index contributed by atoms with van der Waals surface area (Å²) in [6.45, 7) is 9.62. The predicted octanol–water partition coefficient (Wildman–Crippen LogP) is 1.76. The number of carbonyl (C=O) groups is 5. The summed E-state index contributed by atoms with van der Waals surface area (Å²) >= 11 is 0. The molecule has 3 atom stereocenters. The van der Waals surface area contributed by atoms with Crippen LogP contribution in [0.1, 0.15) is 76.6 Å². The first kappa shape index (κ1) is 31.9. The molecule has 2 heterocycles. The van der Waals surface area contributed by atoms with Crippen molar-refractivity contribution in [2.24, 2.45) is 11.8 Å². The first-order valence-corrected chi connectivity index (χ1v) is 14.7. The average molecular weight is 572 g/mol. The number of carbonyl (C=O) groups excluding carboxylic acids is 5. The van der Waals surface area contributed by atoms with Gasteiger partial charge in [-0.3, -0.25) is 24.0 Å². The van der Waals surface area contributed by atoms with E-state index in [0.29, 0.717) is 38.1 Å². The smallest absolute Gasteiger partial charge is 0.255 e. The molecule has 0 saturated carbocycles. The largest absolute Gasteiger partial charge is 0.491 e. The molecule has 11 heteroatoms. The van der Waals surface area contributed by atoms with Gasteiger partial charge in [-0.1, -0.05) is 39.8 Å². The second kappa shape index (κ2) is 15.4. The van der Waals surface area contributed by atoms with E-state index < -0.39 is 23.9 Å². The van der Waals surface area contributed by atoms with Crippen LogP contribution in [-0.4, -0.2) is 78.8 Å². The molecule has 2 aliphatic rings. The van der Waals surface area contributed by atoms with E-state index in [1.165, 1.54) is 0 Å². The molecule has 3 rings (SSSR count). The SMILES string of the molecule is CC(C)C[C@H]1NC(=O)CC[C@@H](C(=O)NCCCN2CCCC2=O)NC(=O)c2ccccc2OC[C@H](C(C)C)NC1=O. The number of amides is 5. The van der Waals surface area contributed by atoms with Crippen LogP contribution in [-0.2, 0) is 19.2 Å². The molecule has 1 saturated heterocycles.